The smallest absolute Gasteiger partial charge is 0.134 e. The van der Waals surface area contributed by atoms with Crippen LogP contribution in [0.1, 0.15) is 36.5 Å². The first-order valence-corrected chi connectivity index (χ1v) is 6.68. The van der Waals surface area contributed by atoms with Crippen molar-refractivity contribution in [2.24, 2.45) is 5.73 Å². The van der Waals surface area contributed by atoms with Gasteiger partial charge in [0.25, 0.3) is 0 Å². The van der Waals surface area contributed by atoms with Gasteiger partial charge in [-0.15, -0.1) is 0 Å². The molecule has 0 aliphatic carbocycles. The van der Waals surface area contributed by atoms with Crippen molar-refractivity contribution >= 4 is 0 Å². The van der Waals surface area contributed by atoms with Gasteiger partial charge in [-0.1, -0.05) is 44.2 Å². The molecule has 0 aliphatic heterocycles. The molecule has 2 heteroatoms. The molecule has 0 spiro atoms. The molecule has 2 rings (SSSR count). The van der Waals surface area contributed by atoms with Gasteiger partial charge < -0.3 is 10.5 Å². The van der Waals surface area contributed by atoms with E-state index in [1.165, 1.54) is 5.56 Å². The molecule has 2 aromatic rings. The number of ether oxygens (including phenoxy) is 1. The monoisotopic (exact) mass is 255 g/mol. The molecule has 0 saturated heterocycles. The van der Waals surface area contributed by atoms with Gasteiger partial charge >= 0.3 is 0 Å². The van der Waals surface area contributed by atoms with Crippen LogP contribution in [-0.4, -0.2) is 0 Å². The van der Waals surface area contributed by atoms with Crippen LogP contribution in [0.25, 0.3) is 0 Å². The third-order valence-electron chi connectivity index (χ3n) is 3.26. The van der Waals surface area contributed by atoms with Crippen LogP contribution in [0.2, 0.25) is 0 Å². The number of para-hydroxylation sites is 1. The Morgan fingerprint density at radius 2 is 1.84 bits per heavy atom. The van der Waals surface area contributed by atoms with E-state index in [0.29, 0.717) is 12.5 Å². The number of aryl methyl sites for hydroxylation is 1. The molecule has 0 radical (unpaired) electrons. The molecule has 0 unspecified atom stereocenters. The average Bonchev–Trinajstić information content (AvgIpc) is 2.41. The van der Waals surface area contributed by atoms with E-state index in [2.05, 4.69) is 26.0 Å². The molecule has 2 N–H and O–H groups in total. The molecule has 0 aromatic heterocycles. The summed E-state index contributed by atoms with van der Waals surface area (Å²) in [6.45, 7) is 6.89. The van der Waals surface area contributed by atoms with Gasteiger partial charge in [0, 0.05) is 12.1 Å². The predicted octanol–water partition coefficient (Wildman–Crippen LogP) is 4.37. The second kappa shape index (κ2) is 5.89. The summed E-state index contributed by atoms with van der Waals surface area (Å²) in [6, 6.07) is 14.3. The molecule has 0 aliphatic rings. The minimum absolute atomic E-state index is 0.487. The minimum atomic E-state index is 0.487. The second-order valence-electron chi connectivity index (χ2n) is 5.10. The molecule has 0 fully saturated rings. The Balaban J connectivity index is 2.33. The van der Waals surface area contributed by atoms with Gasteiger partial charge in [0.15, 0.2) is 0 Å². The maximum Gasteiger partial charge on any atom is 0.134 e. The van der Waals surface area contributed by atoms with Crippen molar-refractivity contribution in [2.75, 3.05) is 0 Å². The van der Waals surface area contributed by atoms with Crippen molar-refractivity contribution in [3.05, 3.63) is 59.2 Å². The molecular formula is C17H21NO. The molecule has 0 heterocycles. The summed E-state index contributed by atoms with van der Waals surface area (Å²) in [5.41, 5.74) is 9.20. The Morgan fingerprint density at radius 1 is 1.11 bits per heavy atom. The SMILES string of the molecule is Cc1cccc(CN)c1Oc1cccc(C(C)C)c1. The summed E-state index contributed by atoms with van der Waals surface area (Å²) in [7, 11) is 0. The second-order valence-corrected chi connectivity index (χ2v) is 5.10. The van der Waals surface area contributed by atoms with E-state index in [1.807, 2.05) is 37.3 Å². The Hall–Kier alpha value is -1.80. The Labute approximate surface area is 115 Å². The molecule has 19 heavy (non-hydrogen) atoms. The highest BCUT2D eigenvalue weighted by atomic mass is 16.5. The van der Waals surface area contributed by atoms with Gasteiger partial charge in [0.2, 0.25) is 0 Å². The largest absolute Gasteiger partial charge is 0.457 e. The van der Waals surface area contributed by atoms with Crippen LogP contribution in [0, 0.1) is 6.92 Å². The first kappa shape index (κ1) is 13.6. The van der Waals surface area contributed by atoms with Crippen LogP contribution in [-0.2, 0) is 6.54 Å². The number of hydrogen-bond donors (Lipinski definition) is 1. The zero-order chi connectivity index (χ0) is 13.8. The number of rotatable bonds is 4. The van der Waals surface area contributed by atoms with Crippen molar-refractivity contribution in [1.82, 2.24) is 0 Å². The van der Waals surface area contributed by atoms with Crippen molar-refractivity contribution in [3.63, 3.8) is 0 Å². The van der Waals surface area contributed by atoms with Crippen LogP contribution in [0.3, 0.4) is 0 Å². The van der Waals surface area contributed by atoms with Gasteiger partial charge in [-0.2, -0.15) is 0 Å². The minimum Gasteiger partial charge on any atom is -0.457 e. The molecule has 100 valence electrons. The summed E-state index contributed by atoms with van der Waals surface area (Å²) in [5, 5.41) is 0. The molecule has 2 aromatic carbocycles. The quantitative estimate of drug-likeness (QED) is 0.880. The third-order valence-corrected chi connectivity index (χ3v) is 3.26. The number of hydrogen-bond acceptors (Lipinski definition) is 2. The van der Waals surface area contributed by atoms with Gasteiger partial charge in [-0.25, -0.2) is 0 Å². The zero-order valence-corrected chi connectivity index (χ0v) is 11.8. The fourth-order valence-electron chi connectivity index (χ4n) is 2.08. The fraction of sp³-hybridized carbons (Fsp3) is 0.294. The average molecular weight is 255 g/mol. The predicted molar refractivity (Wildman–Crippen MR) is 79.7 cm³/mol. The Bertz CT molecular complexity index is 561. The van der Waals surface area contributed by atoms with Crippen molar-refractivity contribution in [3.8, 4) is 11.5 Å². The third kappa shape index (κ3) is 3.15. The molecular weight excluding hydrogens is 234 g/mol. The first-order chi connectivity index (χ1) is 9.11. The highest BCUT2D eigenvalue weighted by Crippen LogP contribution is 2.30. The van der Waals surface area contributed by atoms with E-state index in [4.69, 9.17) is 10.5 Å². The van der Waals surface area contributed by atoms with Crippen LogP contribution < -0.4 is 10.5 Å². The van der Waals surface area contributed by atoms with E-state index >= 15 is 0 Å². The molecule has 0 amide bonds. The number of benzene rings is 2. The molecule has 0 atom stereocenters. The van der Waals surface area contributed by atoms with E-state index in [0.717, 1.165) is 22.6 Å². The van der Waals surface area contributed by atoms with Gasteiger partial charge in [-0.05, 0) is 36.1 Å². The summed E-state index contributed by atoms with van der Waals surface area (Å²) in [5.74, 6) is 2.25. The summed E-state index contributed by atoms with van der Waals surface area (Å²) in [4.78, 5) is 0. The highest BCUT2D eigenvalue weighted by Gasteiger charge is 2.08. The number of nitrogens with two attached hydrogens (primary N) is 1. The Morgan fingerprint density at radius 3 is 2.53 bits per heavy atom. The lowest BCUT2D eigenvalue weighted by molar-refractivity contribution is 0.471. The van der Waals surface area contributed by atoms with Crippen molar-refractivity contribution in [1.29, 1.82) is 0 Å². The lowest BCUT2D eigenvalue weighted by atomic mass is 10.0. The van der Waals surface area contributed by atoms with E-state index in [1.54, 1.807) is 0 Å². The van der Waals surface area contributed by atoms with E-state index < -0.39 is 0 Å². The topological polar surface area (TPSA) is 35.2 Å². The summed E-state index contributed by atoms with van der Waals surface area (Å²) in [6.07, 6.45) is 0. The van der Waals surface area contributed by atoms with Gasteiger partial charge in [-0.3, -0.25) is 0 Å². The van der Waals surface area contributed by atoms with Crippen molar-refractivity contribution in [2.45, 2.75) is 33.2 Å². The molecule has 0 bridgehead atoms. The lowest BCUT2D eigenvalue weighted by Crippen LogP contribution is -2.01. The van der Waals surface area contributed by atoms with Gasteiger partial charge in [0.1, 0.15) is 11.5 Å². The van der Waals surface area contributed by atoms with Gasteiger partial charge in [0.05, 0.1) is 0 Å². The zero-order valence-electron chi connectivity index (χ0n) is 11.8. The molecule has 0 saturated carbocycles. The summed E-state index contributed by atoms with van der Waals surface area (Å²) < 4.78 is 6.04. The first-order valence-electron chi connectivity index (χ1n) is 6.68. The molecule has 2 nitrogen and oxygen atoms in total. The van der Waals surface area contributed by atoms with Crippen molar-refractivity contribution < 1.29 is 4.74 Å². The highest BCUT2D eigenvalue weighted by molar-refractivity contribution is 5.44. The Kier molecular flexibility index (Phi) is 4.23. The van der Waals surface area contributed by atoms with E-state index in [9.17, 15) is 0 Å². The van der Waals surface area contributed by atoms with Crippen LogP contribution in [0.4, 0.5) is 0 Å². The standard InChI is InChI=1S/C17H21NO/c1-12(2)14-7-5-9-16(10-14)19-17-13(3)6-4-8-15(17)11-18/h4-10,12H,11,18H2,1-3H3. The maximum atomic E-state index is 6.04. The fourth-order valence-corrected chi connectivity index (χ4v) is 2.08. The summed E-state index contributed by atoms with van der Waals surface area (Å²) >= 11 is 0. The van der Waals surface area contributed by atoms with Crippen LogP contribution in [0.5, 0.6) is 11.5 Å². The van der Waals surface area contributed by atoms with E-state index in [-0.39, 0.29) is 0 Å². The van der Waals surface area contributed by atoms with Crippen LogP contribution >= 0.6 is 0 Å². The van der Waals surface area contributed by atoms with Crippen LogP contribution in [0.15, 0.2) is 42.5 Å². The maximum absolute atomic E-state index is 6.04. The lowest BCUT2D eigenvalue weighted by Gasteiger charge is -2.14. The normalized spacial score (nSPS) is 10.8.